The maximum absolute atomic E-state index is 12.1. The Hall–Kier alpha value is -1.41. The van der Waals surface area contributed by atoms with Crippen LogP contribution in [0.4, 0.5) is 4.79 Å². The number of nitrogens with zero attached hydrogens (tertiary/aromatic N) is 2. The molecule has 1 amide bonds. The Morgan fingerprint density at radius 1 is 1.45 bits per heavy atom. The molecule has 0 radical (unpaired) electrons. The summed E-state index contributed by atoms with van der Waals surface area (Å²) in [4.78, 5) is 27.8. The average molecular weight is 348 g/mol. The van der Waals surface area contributed by atoms with Crippen LogP contribution in [0.5, 0.6) is 0 Å². The number of carbonyl (C=O) groups excluding carboxylic acids is 2. The summed E-state index contributed by atoms with van der Waals surface area (Å²) >= 11 is 3.16. The number of Topliss-reactive ketones (excluding diaryl/α,β-unsaturated/α-hetero) is 1. The van der Waals surface area contributed by atoms with Gasteiger partial charge in [-0.3, -0.25) is 4.79 Å². The molecular weight excluding hydrogens is 330 g/mol. The maximum Gasteiger partial charge on any atom is 0.427 e. The zero-order valence-corrected chi connectivity index (χ0v) is 13.6. The van der Waals surface area contributed by atoms with Gasteiger partial charge in [-0.15, -0.1) is 0 Å². The van der Waals surface area contributed by atoms with Crippen LogP contribution in [-0.4, -0.2) is 40.4 Å². The fourth-order valence-corrected chi connectivity index (χ4v) is 1.67. The highest BCUT2D eigenvalue weighted by atomic mass is 79.9. The van der Waals surface area contributed by atoms with Crippen LogP contribution in [0.15, 0.2) is 10.8 Å². The molecule has 1 heterocycles. The second-order valence-corrected chi connectivity index (χ2v) is 5.93. The van der Waals surface area contributed by atoms with Crippen LogP contribution in [0.3, 0.4) is 0 Å². The van der Waals surface area contributed by atoms with Crippen molar-refractivity contribution in [3.8, 4) is 0 Å². The number of hydrogen-bond acceptors (Lipinski definition) is 5. The van der Waals surface area contributed by atoms with Crippen LogP contribution in [-0.2, 0) is 9.47 Å². The monoisotopic (exact) mass is 347 g/mol. The number of ether oxygens (including phenoxy) is 2. The molecule has 20 heavy (non-hydrogen) atoms. The van der Waals surface area contributed by atoms with E-state index in [9.17, 15) is 9.59 Å². The van der Waals surface area contributed by atoms with Crippen LogP contribution in [0.2, 0.25) is 0 Å². The van der Waals surface area contributed by atoms with Crippen molar-refractivity contribution in [1.29, 1.82) is 0 Å². The Morgan fingerprint density at radius 2 is 2.05 bits per heavy atom. The minimum atomic E-state index is -0.679. The quantitative estimate of drug-likeness (QED) is 0.845. The second-order valence-electron chi connectivity index (χ2n) is 5.11. The first-order chi connectivity index (χ1) is 9.14. The van der Waals surface area contributed by atoms with Crippen molar-refractivity contribution in [2.45, 2.75) is 39.4 Å². The minimum Gasteiger partial charge on any atom is -0.443 e. The molecule has 1 aromatic rings. The lowest BCUT2D eigenvalue weighted by molar-refractivity contribution is 0.0603. The van der Waals surface area contributed by atoms with Crippen LogP contribution < -0.4 is 5.43 Å². The number of ketones is 1. The number of carbonyl (C=O) groups is 2. The summed E-state index contributed by atoms with van der Waals surface area (Å²) < 4.78 is 11.7. The molecule has 0 spiro atoms. The Kier molecular flexibility index (Phi) is 5.29. The summed E-state index contributed by atoms with van der Waals surface area (Å²) in [6.45, 7) is 6.84. The molecular formula is C12H18BrN3O4. The zero-order chi connectivity index (χ0) is 15.5. The standard InChI is InChI=1S/C12H18BrN3O4/c1-7(19-5)9(17)10-14-8(13)6-16(10)15-11(18)20-12(2,3)4/h6-7H,1-5H3,(H,15,18). The highest BCUT2D eigenvalue weighted by Crippen LogP contribution is 2.12. The summed E-state index contributed by atoms with van der Waals surface area (Å²) in [5, 5.41) is 0. The fourth-order valence-electron chi connectivity index (χ4n) is 1.30. The summed E-state index contributed by atoms with van der Waals surface area (Å²) in [6, 6.07) is 0. The number of rotatable bonds is 4. The molecule has 1 atom stereocenters. The number of hydrogen-bond donors (Lipinski definition) is 1. The summed E-state index contributed by atoms with van der Waals surface area (Å²) in [7, 11) is 1.42. The van der Waals surface area contributed by atoms with E-state index in [1.807, 2.05) is 0 Å². The van der Waals surface area contributed by atoms with Crippen molar-refractivity contribution in [3.05, 3.63) is 16.6 Å². The van der Waals surface area contributed by atoms with Crippen molar-refractivity contribution in [1.82, 2.24) is 9.66 Å². The molecule has 0 fully saturated rings. The number of amides is 1. The third-order valence-electron chi connectivity index (χ3n) is 2.23. The van der Waals surface area contributed by atoms with Crippen LogP contribution in [0.1, 0.15) is 38.3 Å². The van der Waals surface area contributed by atoms with Gasteiger partial charge in [0.1, 0.15) is 16.3 Å². The SMILES string of the molecule is COC(C)C(=O)c1nc(Br)cn1NC(=O)OC(C)(C)C. The van der Waals surface area contributed by atoms with Crippen molar-refractivity contribution in [2.24, 2.45) is 0 Å². The average Bonchev–Trinajstić information content (AvgIpc) is 2.65. The van der Waals surface area contributed by atoms with E-state index in [1.54, 1.807) is 27.7 Å². The van der Waals surface area contributed by atoms with Gasteiger partial charge in [-0.2, -0.15) is 0 Å². The van der Waals surface area contributed by atoms with E-state index in [1.165, 1.54) is 18.0 Å². The molecule has 0 bridgehead atoms. The van der Waals surface area contributed by atoms with E-state index in [0.717, 1.165) is 0 Å². The minimum absolute atomic E-state index is 0.0529. The van der Waals surface area contributed by atoms with E-state index >= 15 is 0 Å². The predicted octanol–water partition coefficient (Wildman–Crippen LogP) is 2.34. The van der Waals surface area contributed by atoms with Gasteiger partial charge in [0.25, 0.3) is 0 Å². The molecule has 0 saturated heterocycles. The molecule has 1 aromatic heterocycles. The highest BCUT2D eigenvalue weighted by Gasteiger charge is 2.23. The van der Waals surface area contributed by atoms with Crippen molar-refractivity contribution >= 4 is 27.8 Å². The van der Waals surface area contributed by atoms with Gasteiger partial charge >= 0.3 is 6.09 Å². The molecule has 0 aliphatic carbocycles. The Balaban J connectivity index is 2.91. The number of methoxy groups -OCH3 is 1. The lowest BCUT2D eigenvalue weighted by atomic mass is 10.2. The molecule has 112 valence electrons. The summed E-state index contributed by atoms with van der Waals surface area (Å²) in [5.41, 5.74) is 1.80. The first kappa shape index (κ1) is 16.6. The molecule has 8 heteroatoms. The van der Waals surface area contributed by atoms with Crippen molar-refractivity contribution in [2.75, 3.05) is 12.5 Å². The second kappa shape index (κ2) is 6.36. The topological polar surface area (TPSA) is 82.5 Å². The molecule has 1 rings (SSSR count). The van der Waals surface area contributed by atoms with Gasteiger partial charge in [-0.1, -0.05) is 0 Å². The molecule has 1 N–H and O–H groups in total. The Labute approximate surface area is 125 Å². The van der Waals surface area contributed by atoms with Crippen molar-refractivity contribution in [3.63, 3.8) is 0 Å². The third-order valence-corrected chi connectivity index (χ3v) is 2.61. The van der Waals surface area contributed by atoms with Crippen LogP contribution >= 0.6 is 15.9 Å². The van der Waals surface area contributed by atoms with Gasteiger partial charge in [0.2, 0.25) is 5.78 Å². The van der Waals surface area contributed by atoms with Gasteiger partial charge in [0.05, 0.1) is 6.20 Å². The largest absolute Gasteiger partial charge is 0.443 e. The lowest BCUT2D eigenvalue weighted by Crippen LogP contribution is -2.34. The number of nitrogens with one attached hydrogen (secondary N) is 1. The molecule has 0 aliphatic rings. The van der Waals surface area contributed by atoms with Gasteiger partial charge in [-0.05, 0) is 43.6 Å². The smallest absolute Gasteiger partial charge is 0.427 e. The Bertz CT molecular complexity index is 507. The van der Waals surface area contributed by atoms with E-state index in [4.69, 9.17) is 9.47 Å². The first-order valence-electron chi connectivity index (χ1n) is 5.96. The predicted molar refractivity (Wildman–Crippen MR) is 76.3 cm³/mol. The number of halogens is 1. The summed E-state index contributed by atoms with van der Waals surface area (Å²) in [5.74, 6) is -0.300. The van der Waals surface area contributed by atoms with Gasteiger partial charge < -0.3 is 9.47 Å². The molecule has 1 unspecified atom stereocenters. The molecule has 7 nitrogen and oxygen atoms in total. The van der Waals surface area contributed by atoms with Crippen LogP contribution in [0.25, 0.3) is 0 Å². The van der Waals surface area contributed by atoms with E-state index in [-0.39, 0.29) is 11.6 Å². The van der Waals surface area contributed by atoms with E-state index in [0.29, 0.717) is 4.60 Å². The highest BCUT2D eigenvalue weighted by molar-refractivity contribution is 9.10. The number of aromatic nitrogens is 2. The van der Waals surface area contributed by atoms with Crippen LogP contribution in [0, 0.1) is 0 Å². The number of imidazole rings is 1. The van der Waals surface area contributed by atoms with E-state index < -0.39 is 17.8 Å². The van der Waals surface area contributed by atoms with Gasteiger partial charge in [0, 0.05) is 7.11 Å². The maximum atomic E-state index is 12.1. The van der Waals surface area contributed by atoms with Crippen molar-refractivity contribution < 1.29 is 19.1 Å². The van der Waals surface area contributed by atoms with E-state index in [2.05, 4.69) is 26.3 Å². The van der Waals surface area contributed by atoms with Gasteiger partial charge in [0.15, 0.2) is 5.82 Å². The van der Waals surface area contributed by atoms with Gasteiger partial charge in [-0.25, -0.2) is 19.9 Å². The zero-order valence-electron chi connectivity index (χ0n) is 12.1. The molecule has 0 aromatic carbocycles. The first-order valence-corrected chi connectivity index (χ1v) is 6.75. The lowest BCUT2D eigenvalue weighted by Gasteiger charge is -2.20. The Morgan fingerprint density at radius 3 is 2.55 bits per heavy atom. The fraction of sp³-hybridized carbons (Fsp3) is 0.583. The molecule has 0 saturated carbocycles. The molecule has 0 aliphatic heterocycles. The normalized spacial score (nSPS) is 12.9. The third kappa shape index (κ3) is 4.61. The summed E-state index contributed by atoms with van der Waals surface area (Å²) in [6.07, 6.45) is 0.115.